The topological polar surface area (TPSA) is 88.2 Å². The molecular weight excluding hydrogens is 394 g/mol. The molecule has 6 nitrogen and oxygen atoms in total. The van der Waals surface area contributed by atoms with Gasteiger partial charge in [-0.25, -0.2) is 9.97 Å². The van der Waals surface area contributed by atoms with Gasteiger partial charge in [-0.3, -0.25) is 4.98 Å². The lowest BCUT2D eigenvalue weighted by Gasteiger charge is -2.42. The van der Waals surface area contributed by atoms with E-state index in [1.165, 1.54) is 11.1 Å². The standard InChI is InChI=1S/C23H25N5OS/c24-21-19-4-2-1-3-16(19)11-23(21)7-9-28(10-8-23)22-20(14-29)27-17(12-26-22)5-6-18-13-25-15-30-18/h1-6,12-13,15,21,29H,7-11,14,24H2. The number of hydrogen-bond acceptors (Lipinski definition) is 7. The molecule has 0 saturated carbocycles. The lowest BCUT2D eigenvalue weighted by Crippen LogP contribution is -2.45. The number of aromatic nitrogens is 3. The van der Waals surface area contributed by atoms with E-state index in [0.717, 1.165) is 48.7 Å². The highest BCUT2D eigenvalue weighted by atomic mass is 32.1. The van der Waals surface area contributed by atoms with Crippen LogP contribution in [0.1, 0.15) is 46.3 Å². The summed E-state index contributed by atoms with van der Waals surface area (Å²) in [5.74, 6) is 0.784. The summed E-state index contributed by atoms with van der Waals surface area (Å²) in [5, 5.41) is 9.91. The molecule has 154 valence electrons. The summed E-state index contributed by atoms with van der Waals surface area (Å²) in [6, 6.07) is 8.67. The molecule has 1 aromatic carbocycles. The number of hydrogen-bond donors (Lipinski definition) is 2. The maximum Gasteiger partial charge on any atom is 0.152 e. The van der Waals surface area contributed by atoms with E-state index in [4.69, 9.17) is 5.73 Å². The van der Waals surface area contributed by atoms with Gasteiger partial charge >= 0.3 is 0 Å². The van der Waals surface area contributed by atoms with Crippen molar-refractivity contribution in [3.05, 3.63) is 69.6 Å². The van der Waals surface area contributed by atoms with Crippen molar-refractivity contribution in [3.8, 4) is 0 Å². The van der Waals surface area contributed by atoms with E-state index in [9.17, 15) is 5.11 Å². The Morgan fingerprint density at radius 3 is 2.77 bits per heavy atom. The number of piperidine rings is 1. The zero-order valence-electron chi connectivity index (χ0n) is 16.7. The van der Waals surface area contributed by atoms with Crippen molar-refractivity contribution < 1.29 is 5.11 Å². The van der Waals surface area contributed by atoms with Gasteiger partial charge in [-0.15, -0.1) is 11.3 Å². The molecule has 7 heteroatoms. The summed E-state index contributed by atoms with van der Waals surface area (Å²) in [6.07, 6.45) is 10.5. The minimum Gasteiger partial charge on any atom is -0.390 e. The minimum absolute atomic E-state index is 0.0958. The molecule has 2 aliphatic rings. The minimum atomic E-state index is -0.128. The largest absolute Gasteiger partial charge is 0.390 e. The molecule has 1 atom stereocenters. The fourth-order valence-corrected chi connectivity index (χ4v) is 5.34. The molecule has 1 unspecified atom stereocenters. The number of aliphatic hydroxyl groups excluding tert-OH is 1. The van der Waals surface area contributed by atoms with Crippen molar-refractivity contribution in [3.63, 3.8) is 0 Å². The van der Waals surface area contributed by atoms with Gasteiger partial charge in [-0.1, -0.05) is 24.3 Å². The van der Waals surface area contributed by atoms with E-state index in [0.29, 0.717) is 5.69 Å². The van der Waals surface area contributed by atoms with Crippen LogP contribution in [-0.2, 0) is 13.0 Å². The average molecular weight is 420 g/mol. The van der Waals surface area contributed by atoms with Crippen molar-refractivity contribution in [1.29, 1.82) is 0 Å². The SMILES string of the molecule is NC1c2ccccc2CC12CCN(c1ncc(C=Cc3cncs3)nc1CO)CC2. The van der Waals surface area contributed by atoms with Gasteiger partial charge in [0.25, 0.3) is 0 Å². The lowest BCUT2D eigenvalue weighted by atomic mass is 9.73. The molecule has 5 rings (SSSR count). The Morgan fingerprint density at radius 1 is 1.20 bits per heavy atom. The summed E-state index contributed by atoms with van der Waals surface area (Å²) in [7, 11) is 0. The summed E-state index contributed by atoms with van der Waals surface area (Å²) < 4.78 is 0. The fraction of sp³-hybridized carbons (Fsp3) is 0.348. The van der Waals surface area contributed by atoms with Gasteiger partial charge < -0.3 is 15.7 Å². The second-order valence-electron chi connectivity index (χ2n) is 8.16. The van der Waals surface area contributed by atoms with Gasteiger partial charge in [0.2, 0.25) is 0 Å². The van der Waals surface area contributed by atoms with Gasteiger partial charge in [0.1, 0.15) is 5.69 Å². The monoisotopic (exact) mass is 419 g/mol. The molecule has 0 bridgehead atoms. The van der Waals surface area contributed by atoms with Crippen LogP contribution in [0, 0.1) is 5.41 Å². The zero-order valence-corrected chi connectivity index (χ0v) is 17.6. The Balaban J connectivity index is 1.31. The van der Waals surface area contributed by atoms with Crippen LogP contribution in [0.15, 0.2) is 42.2 Å². The van der Waals surface area contributed by atoms with Gasteiger partial charge in [0.05, 0.1) is 24.0 Å². The highest BCUT2D eigenvalue weighted by molar-refractivity contribution is 7.10. The van der Waals surface area contributed by atoms with Gasteiger partial charge in [0, 0.05) is 30.2 Å². The number of anilines is 1. The quantitative estimate of drug-likeness (QED) is 0.674. The zero-order chi connectivity index (χ0) is 20.6. The lowest BCUT2D eigenvalue weighted by molar-refractivity contribution is 0.186. The molecule has 30 heavy (non-hydrogen) atoms. The number of fused-ring (bicyclic) bond motifs is 1. The van der Waals surface area contributed by atoms with Crippen LogP contribution < -0.4 is 10.6 Å². The highest BCUT2D eigenvalue weighted by Crippen LogP contribution is 2.50. The van der Waals surface area contributed by atoms with Crippen LogP contribution in [0.25, 0.3) is 12.2 Å². The van der Waals surface area contributed by atoms with Crippen LogP contribution in [0.5, 0.6) is 0 Å². The number of benzene rings is 1. The average Bonchev–Trinajstić information content (AvgIpc) is 3.40. The molecule has 3 aromatic rings. The van der Waals surface area contributed by atoms with E-state index in [1.54, 1.807) is 23.0 Å². The summed E-state index contributed by atoms with van der Waals surface area (Å²) in [5.41, 5.74) is 12.7. The van der Waals surface area contributed by atoms with E-state index in [2.05, 4.69) is 44.1 Å². The third kappa shape index (κ3) is 3.43. The van der Waals surface area contributed by atoms with Crippen LogP contribution in [0.2, 0.25) is 0 Å². The first-order valence-corrected chi connectivity index (χ1v) is 11.2. The Morgan fingerprint density at radius 2 is 2.03 bits per heavy atom. The number of nitrogens with zero attached hydrogens (tertiary/aromatic N) is 4. The van der Waals surface area contributed by atoms with Crippen molar-refractivity contribution in [2.24, 2.45) is 11.1 Å². The Hall–Kier alpha value is -2.61. The predicted molar refractivity (Wildman–Crippen MR) is 120 cm³/mol. The van der Waals surface area contributed by atoms with E-state index >= 15 is 0 Å². The third-order valence-corrected chi connectivity index (χ3v) is 7.25. The van der Waals surface area contributed by atoms with E-state index < -0.39 is 0 Å². The van der Waals surface area contributed by atoms with Crippen molar-refractivity contribution in [2.75, 3.05) is 18.0 Å². The molecular formula is C23H25N5OS. The first kappa shape index (κ1) is 19.4. The third-order valence-electron chi connectivity index (χ3n) is 6.51. The second kappa shape index (κ2) is 7.91. The molecule has 1 aliphatic carbocycles. The maximum absolute atomic E-state index is 9.91. The Bertz CT molecular complexity index is 1060. The van der Waals surface area contributed by atoms with Crippen molar-refractivity contribution in [1.82, 2.24) is 15.0 Å². The second-order valence-corrected chi connectivity index (χ2v) is 9.08. The summed E-state index contributed by atoms with van der Waals surface area (Å²) >= 11 is 1.57. The Kier molecular flexibility index (Phi) is 5.10. The van der Waals surface area contributed by atoms with E-state index in [-0.39, 0.29) is 18.1 Å². The van der Waals surface area contributed by atoms with Gasteiger partial charge in [-0.05, 0) is 48.0 Å². The number of nitrogens with two attached hydrogens (primary N) is 1. The van der Waals surface area contributed by atoms with Crippen LogP contribution in [0.4, 0.5) is 5.82 Å². The van der Waals surface area contributed by atoms with E-state index in [1.807, 2.05) is 18.3 Å². The molecule has 3 N–H and O–H groups in total. The fourth-order valence-electron chi connectivity index (χ4n) is 4.83. The summed E-state index contributed by atoms with van der Waals surface area (Å²) in [4.78, 5) is 16.6. The summed E-state index contributed by atoms with van der Waals surface area (Å²) in [6.45, 7) is 1.62. The van der Waals surface area contributed by atoms with Gasteiger partial charge in [0.15, 0.2) is 5.82 Å². The maximum atomic E-state index is 9.91. The molecule has 1 aliphatic heterocycles. The number of thiazole rings is 1. The number of rotatable bonds is 4. The first-order valence-electron chi connectivity index (χ1n) is 10.3. The first-order chi connectivity index (χ1) is 14.7. The molecule has 1 spiro atoms. The number of aliphatic hydroxyl groups is 1. The van der Waals surface area contributed by atoms with Crippen LogP contribution in [-0.4, -0.2) is 33.1 Å². The smallest absolute Gasteiger partial charge is 0.152 e. The van der Waals surface area contributed by atoms with Gasteiger partial charge in [-0.2, -0.15) is 0 Å². The van der Waals surface area contributed by atoms with Crippen molar-refractivity contribution in [2.45, 2.75) is 31.9 Å². The van der Waals surface area contributed by atoms with Crippen molar-refractivity contribution >= 4 is 29.3 Å². The molecule has 1 fully saturated rings. The Labute approximate surface area is 180 Å². The van der Waals surface area contributed by atoms with Crippen LogP contribution >= 0.6 is 11.3 Å². The molecule has 1 saturated heterocycles. The molecule has 0 amide bonds. The molecule has 2 aromatic heterocycles. The normalized spacial score (nSPS) is 20.2. The molecule has 0 radical (unpaired) electrons. The van der Waals surface area contributed by atoms with Crippen LogP contribution in [0.3, 0.4) is 0 Å². The highest BCUT2D eigenvalue weighted by Gasteiger charge is 2.46. The predicted octanol–water partition coefficient (Wildman–Crippen LogP) is 3.44. The molecule has 3 heterocycles.